The van der Waals surface area contributed by atoms with Crippen LogP contribution in [0.5, 0.6) is 0 Å². The van der Waals surface area contributed by atoms with E-state index in [1.807, 2.05) is 0 Å². The topological polar surface area (TPSA) is 37.8 Å². The number of hydrogen-bond acceptors (Lipinski definition) is 4. The predicted molar refractivity (Wildman–Crippen MR) is 77.4 cm³/mol. The van der Waals surface area contributed by atoms with Crippen LogP contribution in [0, 0.1) is 6.92 Å². The van der Waals surface area contributed by atoms with Crippen LogP contribution in [0.1, 0.15) is 29.6 Å². The fourth-order valence-electron chi connectivity index (χ4n) is 1.65. The van der Waals surface area contributed by atoms with Gasteiger partial charge < -0.3 is 5.32 Å². The van der Waals surface area contributed by atoms with Gasteiger partial charge in [0.25, 0.3) is 0 Å². The van der Waals surface area contributed by atoms with Crippen LogP contribution in [0.15, 0.2) is 17.5 Å². The summed E-state index contributed by atoms with van der Waals surface area (Å²) in [5.41, 5.74) is 1.31. The minimum Gasteiger partial charge on any atom is -0.365 e. The Morgan fingerprint density at radius 2 is 2.22 bits per heavy atom. The quantitative estimate of drug-likeness (QED) is 0.840. The molecule has 5 heteroatoms. The van der Waals surface area contributed by atoms with Gasteiger partial charge in [-0.2, -0.15) is 0 Å². The molecule has 96 valence electrons. The fourth-order valence-corrected chi connectivity index (χ4v) is 2.69. The average molecular weight is 282 g/mol. The molecular weight excluding hydrogens is 266 g/mol. The smallest absolute Gasteiger partial charge is 0.134 e. The third-order valence-electron chi connectivity index (χ3n) is 2.61. The molecule has 18 heavy (non-hydrogen) atoms. The Kier molecular flexibility index (Phi) is 4.55. The van der Waals surface area contributed by atoms with Crippen LogP contribution >= 0.6 is 22.9 Å². The SMILES string of the molecule is CCCc1nc(Cl)cc(NCc2sccc2C)n1. The van der Waals surface area contributed by atoms with Gasteiger partial charge in [-0.1, -0.05) is 18.5 Å². The summed E-state index contributed by atoms with van der Waals surface area (Å²) in [6, 6.07) is 3.89. The lowest BCUT2D eigenvalue weighted by Gasteiger charge is -2.07. The lowest BCUT2D eigenvalue weighted by Crippen LogP contribution is -2.04. The van der Waals surface area contributed by atoms with Crippen molar-refractivity contribution in [3.8, 4) is 0 Å². The molecule has 0 aliphatic carbocycles. The zero-order valence-electron chi connectivity index (χ0n) is 10.5. The van der Waals surface area contributed by atoms with Gasteiger partial charge in [0.15, 0.2) is 0 Å². The van der Waals surface area contributed by atoms with Crippen LogP contribution in [0.4, 0.5) is 5.82 Å². The molecule has 0 aromatic carbocycles. The van der Waals surface area contributed by atoms with Gasteiger partial charge in [0, 0.05) is 17.4 Å². The maximum Gasteiger partial charge on any atom is 0.134 e. The highest BCUT2D eigenvalue weighted by Gasteiger charge is 2.04. The van der Waals surface area contributed by atoms with Gasteiger partial charge in [-0.25, -0.2) is 9.97 Å². The van der Waals surface area contributed by atoms with Crippen molar-refractivity contribution in [2.75, 3.05) is 5.32 Å². The van der Waals surface area contributed by atoms with Crippen LogP contribution in [0.2, 0.25) is 5.15 Å². The van der Waals surface area contributed by atoms with Crippen molar-refractivity contribution in [1.82, 2.24) is 9.97 Å². The van der Waals surface area contributed by atoms with Crippen LogP contribution < -0.4 is 5.32 Å². The molecule has 2 aromatic rings. The molecule has 0 amide bonds. The van der Waals surface area contributed by atoms with E-state index >= 15 is 0 Å². The van der Waals surface area contributed by atoms with Crippen molar-refractivity contribution in [3.05, 3.63) is 38.9 Å². The Morgan fingerprint density at radius 1 is 1.39 bits per heavy atom. The van der Waals surface area contributed by atoms with Gasteiger partial charge in [0.05, 0.1) is 6.54 Å². The highest BCUT2D eigenvalue weighted by atomic mass is 35.5. The monoisotopic (exact) mass is 281 g/mol. The second kappa shape index (κ2) is 6.16. The number of aryl methyl sites for hydroxylation is 2. The number of aromatic nitrogens is 2. The third-order valence-corrected chi connectivity index (χ3v) is 3.83. The second-order valence-electron chi connectivity index (χ2n) is 4.12. The molecule has 0 fully saturated rings. The first-order valence-corrected chi connectivity index (χ1v) is 7.25. The molecule has 0 bridgehead atoms. The standard InChI is InChI=1S/C13H16ClN3S/c1-3-4-12-16-11(14)7-13(17-12)15-8-10-9(2)5-6-18-10/h5-7H,3-4,8H2,1-2H3,(H,15,16,17). The third kappa shape index (κ3) is 3.43. The van der Waals surface area contributed by atoms with Gasteiger partial charge in [-0.3, -0.25) is 0 Å². The van der Waals surface area contributed by atoms with Crippen LogP contribution in [0.25, 0.3) is 0 Å². The summed E-state index contributed by atoms with van der Waals surface area (Å²) in [5.74, 6) is 1.60. The number of hydrogen-bond donors (Lipinski definition) is 1. The Morgan fingerprint density at radius 3 is 2.89 bits per heavy atom. The zero-order chi connectivity index (χ0) is 13.0. The summed E-state index contributed by atoms with van der Waals surface area (Å²) in [4.78, 5) is 9.97. The van der Waals surface area contributed by atoms with E-state index in [1.165, 1.54) is 10.4 Å². The van der Waals surface area contributed by atoms with E-state index in [0.717, 1.165) is 31.0 Å². The summed E-state index contributed by atoms with van der Waals surface area (Å²) < 4.78 is 0. The first-order chi connectivity index (χ1) is 8.69. The normalized spacial score (nSPS) is 10.6. The summed E-state index contributed by atoms with van der Waals surface area (Å²) in [6.45, 7) is 5.00. The number of nitrogens with one attached hydrogen (secondary N) is 1. The van der Waals surface area contributed by atoms with E-state index in [0.29, 0.717) is 5.15 Å². The largest absolute Gasteiger partial charge is 0.365 e. The zero-order valence-corrected chi connectivity index (χ0v) is 12.1. The van der Waals surface area contributed by atoms with Gasteiger partial charge in [-0.15, -0.1) is 11.3 Å². The second-order valence-corrected chi connectivity index (χ2v) is 5.51. The van der Waals surface area contributed by atoms with E-state index in [-0.39, 0.29) is 0 Å². The van der Waals surface area contributed by atoms with E-state index in [2.05, 4.69) is 40.6 Å². The van der Waals surface area contributed by atoms with Crippen molar-refractivity contribution in [1.29, 1.82) is 0 Å². The molecule has 2 aromatic heterocycles. The molecule has 0 saturated heterocycles. The molecule has 0 spiro atoms. The van der Waals surface area contributed by atoms with Crippen molar-refractivity contribution >= 4 is 28.8 Å². The van der Waals surface area contributed by atoms with Crippen molar-refractivity contribution in [3.63, 3.8) is 0 Å². The molecule has 2 heterocycles. The van der Waals surface area contributed by atoms with Gasteiger partial charge in [0.2, 0.25) is 0 Å². The molecule has 1 N–H and O–H groups in total. The van der Waals surface area contributed by atoms with Crippen LogP contribution in [0.3, 0.4) is 0 Å². The van der Waals surface area contributed by atoms with E-state index in [9.17, 15) is 0 Å². The fraction of sp³-hybridized carbons (Fsp3) is 0.385. The number of anilines is 1. The first-order valence-electron chi connectivity index (χ1n) is 5.99. The van der Waals surface area contributed by atoms with Crippen LogP contribution in [-0.2, 0) is 13.0 Å². The Balaban J connectivity index is 2.07. The molecule has 0 aliphatic heterocycles. The Labute approximate surface area is 116 Å². The van der Waals surface area contributed by atoms with Crippen LogP contribution in [-0.4, -0.2) is 9.97 Å². The first kappa shape index (κ1) is 13.3. The highest BCUT2D eigenvalue weighted by molar-refractivity contribution is 7.10. The summed E-state index contributed by atoms with van der Waals surface area (Å²) in [7, 11) is 0. The molecule has 0 aliphatic rings. The Hall–Kier alpha value is -1.13. The molecule has 3 nitrogen and oxygen atoms in total. The minimum atomic E-state index is 0.499. The van der Waals surface area contributed by atoms with E-state index in [4.69, 9.17) is 11.6 Å². The molecule has 2 rings (SSSR count). The maximum atomic E-state index is 5.99. The van der Waals surface area contributed by atoms with Crippen molar-refractivity contribution in [2.45, 2.75) is 33.2 Å². The molecular formula is C13H16ClN3S. The van der Waals surface area contributed by atoms with Crippen molar-refractivity contribution in [2.24, 2.45) is 0 Å². The number of rotatable bonds is 5. The summed E-state index contributed by atoms with van der Waals surface area (Å²) in [6.07, 6.45) is 1.87. The van der Waals surface area contributed by atoms with Gasteiger partial charge in [-0.05, 0) is 30.4 Å². The lowest BCUT2D eigenvalue weighted by atomic mass is 10.3. The maximum absolute atomic E-state index is 5.99. The molecule has 0 unspecified atom stereocenters. The van der Waals surface area contributed by atoms with Crippen molar-refractivity contribution < 1.29 is 0 Å². The van der Waals surface area contributed by atoms with Gasteiger partial charge >= 0.3 is 0 Å². The number of thiophene rings is 1. The number of nitrogens with zero attached hydrogens (tertiary/aromatic N) is 2. The van der Waals surface area contributed by atoms with E-state index in [1.54, 1.807) is 17.4 Å². The predicted octanol–water partition coefficient (Wildman–Crippen LogP) is 4.06. The number of halogens is 1. The molecule has 0 radical (unpaired) electrons. The summed E-state index contributed by atoms with van der Waals surface area (Å²) in [5, 5.41) is 5.90. The van der Waals surface area contributed by atoms with E-state index < -0.39 is 0 Å². The van der Waals surface area contributed by atoms with Gasteiger partial charge in [0.1, 0.15) is 16.8 Å². The average Bonchev–Trinajstić information content (AvgIpc) is 2.72. The molecule has 0 atom stereocenters. The summed E-state index contributed by atoms with van der Waals surface area (Å²) >= 11 is 7.74. The lowest BCUT2D eigenvalue weighted by molar-refractivity contribution is 0.834. The molecule has 0 saturated carbocycles. The minimum absolute atomic E-state index is 0.499. The highest BCUT2D eigenvalue weighted by Crippen LogP contribution is 2.18. The Bertz CT molecular complexity index is 525.